The minimum absolute atomic E-state index is 0.0221. The van der Waals surface area contributed by atoms with Crippen LogP contribution in [0.25, 0.3) is 0 Å². The van der Waals surface area contributed by atoms with Crippen LogP contribution in [0.4, 0.5) is 0 Å². The second kappa shape index (κ2) is 5.64. The number of carbonyl (C=O) groups is 1. The number of hydrogen-bond acceptors (Lipinski definition) is 3. The van der Waals surface area contributed by atoms with E-state index in [0.717, 1.165) is 10.7 Å². The molecule has 0 atom stereocenters. The highest BCUT2D eigenvalue weighted by molar-refractivity contribution is 9.10. The molecule has 1 aromatic rings. The topological polar surface area (TPSA) is 54.5 Å². The number of sulfone groups is 1. The van der Waals surface area contributed by atoms with Crippen molar-refractivity contribution in [1.82, 2.24) is 4.90 Å². The van der Waals surface area contributed by atoms with Gasteiger partial charge in [0.25, 0.3) is 5.91 Å². The van der Waals surface area contributed by atoms with E-state index in [1.807, 2.05) is 0 Å². The Morgan fingerprint density at radius 2 is 1.82 bits per heavy atom. The van der Waals surface area contributed by atoms with Crippen molar-refractivity contribution in [3.63, 3.8) is 0 Å². The molecule has 0 fully saturated rings. The van der Waals surface area contributed by atoms with Gasteiger partial charge in [-0.05, 0) is 24.3 Å². The van der Waals surface area contributed by atoms with E-state index >= 15 is 0 Å². The quantitative estimate of drug-likeness (QED) is 0.846. The van der Waals surface area contributed by atoms with E-state index in [4.69, 9.17) is 0 Å². The van der Waals surface area contributed by atoms with Crippen molar-refractivity contribution >= 4 is 31.7 Å². The summed E-state index contributed by atoms with van der Waals surface area (Å²) in [5.41, 5.74) is 0.546. The summed E-state index contributed by atoms with van der Waals surface area (Å²) in [4.78, 5) is 13.3. The summed E-state index contributed by atoms with van der Waals surface area (Å²) >= 11 is 3.28. The molecular formula is C11H14BrNO3S. The third kappa shape index (κ3) is 4.87. The second-order valence-corrected chi connectivity index (χ2v) is 7.04. The van der Waals surface area contributed by atoms with Gasteiger partial charge in [0.1, 0.15) is 9.84 Å². The highest BCUT2D eigenvalue weighted by Crippen LogP contribution is 2.11. The predicted molar refractivity (Wildman–Crippen MR) is 70.8 cm³/mol. The monoisotopic (exact) mass is 319 g/mol. The van der Waals surface area contributed by atoms with Crippen LogP contribution in [0.5, 0.6) is 0 Å². The molecular weight excluding hydrogens is 306 g/mol. The van der Waals surface area contributed by atoms with Gasteiger partial charge < -0.3 is 4.90 Å². The smallest absolute Gasteiger partial charge is 0.253 e. The van der Waals surface area contributed by atoms with Crippen LogP contribution in [0.2, 0.25) is 0 Å². The first-order chi connectivity index (χ1) is 7.79. The molecule has 0 N–H and O–H groups in total. The van der Waals surface area contributed by atoms with Crippen LogP contribution in [0.1, 0.15) is 10.4 Å². The van der Waals surface area contributed by atoms with Gasteiger partial charge in [-0.1, -0.05) is 15.9 Å². The first kappa shape index (κ1) is 14.2. The van der Waals surface area contributed by atoms with Gasteiger partial charge in [0.2, 0.25) is 0 Å². The van der Waals surface area contributed by atoms with Gasteiger partial charge in [0, 0.05) is 29.9 Å². The zero-order valence-electron chi connectivity index (χ0n) is 9.68. The fourth-order valence-corrected chi connectivity index (χ4v) is 2.09. The van der Waals surface area contributed by atoms with Crippen molar-refractivity contribution in [3.05, 3.63) is 34.3 Å². The largest absolute Gasteiger partial charge is 0.341 e. The normalized spacial score (nSPS) is 11.2. The molecule has 0 radical (unpaired) electrons. The zero-order valence-corrected chi connectivity index (χ0v) is 12.1. The molecule has 0 unspecified atom stereocenters. The SMILES string of the molecule is CN(CCS(C)(=O)=O)C(=O)c1ccc(Br)cc1. The number of halogens is 1. The zero-order chi connectivity index (χ0) is 13.1. The van der Waals surface area contributed by atoms with Gasteiger partial charge >= 0.3 is 0 Å². The van der Waals surface area contributed by atoms with Gasteiger partial charge in [0.15, 0.2) is 0 Å². The Labute approximate surface area is 110 Å². The van der Waals surface area contributed by atoms with Gasteiger partial charge in [-0.15, -0.1) is 0 Å². The third-order valence-corrected chi connectivity index (χ3v) is 3.69. The Balaban J connectivity index is 2.67. The maximum Gasteiger partial charge on any atom is 0.253 e. The van der Waals surface area contributed by atoms with E-state index in [2.05, 4.69) is 15.9 Å². The summed E-state index contributed by atoms with van der Waals surface area (Å²) < 4.78 is 22.9. The lowest BCUT2D eigenvalue weighted by Crippen LogP contribution is -2.31. The highest BCUT2D eigenvalue weighted by atomic mass is 79.9. The molecule has 1 aromatic carbocycles. The first-order valence-corrected chi connectivity index (χ1v) is 7.84. The molecule has 0 heterocycles. The molecule has 0 aliphatic carbocycles. The van der Waals surface area contributed by atoms with Crippen LogP contribution in [-0.2, 0) is 9.84 Å². The summed E-state index contributed by atoms with van der Waals surface area (Å²) in [6.45, 7) is 0.202. The van der Waals surface area contributed by atoms with Gasteiger partial charge in [0.05, 0.1) is 5.75 Å². The molecule has 0 bridgehead atoms. The van der Waals surface area contributed by atoms with E-state index in [1.54, 1.807) is 31.3 Å². The van der Waals surface area contributed by atoms with Crippen molar-refractivity contribution < 1.29 is 13.2 Å². The molecule has 1 amide bonds. The number of hydrogen-bond donors (Lipinski definition) is 0. The summed E-state index contributed by atoms with van der Waals surface area (Å²) in [5, 5.41) is 0. The Morgan fingerprint density at radius 1 is 1.29 bits per heavy atom. The van der Waals surface area contributed by atoms with Crippen molar-refractivity contribution in [2.45, 2.75) is 0 Å². The lowest BCUT2D eigenvalue weighted by atomic mass is 10.2. The molecule has 94 valence electrons. The van der Waals surface area contributed by atoms with E-state index in [-0.39, 0.29) is 18.2 Å². The van der Waals surface area contributed by atoms with Crippen LogP contribution < -0.4 is 0 Å². The third-order valence-electron chi connectivity index (χ3n) is 2.24. The highest BCUT2D eigenvalue weighted by Gasteiger charge is 2.13. The molecule has 0 aromatic heterocycles. The molecule has 0 saturated heterocycles. The number of amides is 1. The molecule has 1 rings (SSSR count). The fraction of sp³-hybridized carbons (Fsp3) is 0.364. The van der Waals surface area contributed by atoms with Gasteiger partial charge in [-0.25, -0.2) is 8.42 Å². The molecule has 0 spiro atoms. The predicted octanol–water partition coefficient (Wildman–Crippen LogP) is 1.57. The number of benzene rings is 1. The summed E-state index contributed by atoms with van der Waals surface area (Å²) in [5.74, 6) is -0.202. The van der Waals surface area contributed by atoms with Crippen molar-refractivity contribution in [3.8, 4) is 0 Å². The minimum atomic E-state index is -3.04. The average Bonchev–Trinajstić information content (AvgIpc) is 2.25. The standard InChI is InChI=1S/C11H14BrNO3S/c1-13(7-8-17(2,15)16)11(14)9-3-5-10(12)6-4-9/h3-6H,7-8H2,1-2H3. The van der Waals surface area contributed by atoms with E-state index < -0.39 is 9.84 Å². The Bertz CT molecular complexity index is 496. The maximum absolute atomic E-state index is 11.9. The molecule has 0 saturated carbocycles. The van der Waals surface area contributed by atoms with E-state index in [1.165, 1.54) is 4.90 Å². The number of rotatable bonds is 4. The van der Waals surface area contributed by atoms with Crippen molar-refractivity contribution in [2.75, 3.05) is 25.6 Å². The molecule has 0 aliphatic heterocycles. The molecule has 17 heavy (non-hydrogen) atoms. The summed E-state index contributed by atoms with van der Waals surface area (Å²) in [6, 6.07) is 6.95. The fourth-order valence-electron chi connectivity index (χ4n) is 1.22. The molecule has 0 aliphatic rings. The van der Waals surface area contributed by atoms with Crippen molar-refractivity contribution in [1.29, 1.82) is 0 Å². The number of carbonyl (C=O) groups excluding carboxylic acids is 1. The summed E-state index contributed by atoms with van der Waals surface area (Å²) in [6.07, 6.45) is 1.16. The Hall–Kier alpha value is -0.880. The van der Waals surface area contributed by atoms with E-state index in [9.17, 15) is 13.2 Å². The van der Waals surface area contributed by atoms with Crippen LogP contribution in [-0.4, -0.2) is 44.8 Å². The molecule has 6 heteroatoms. The first-order valence-electron chi connectivity index (χ1n) is 4.98. The number of nitrogens with zero attached hydrogens (tertiary/aromatic N) is 1. The van der Waals surface area contributed by atoms with Crippen LogP contribution >= 0.6 is 15.9 Å². The lowest BCUT2D eigenvalue weighted by molar-refractivity contribution is 0.0803. The Kier molecular flexibility index (Phi) is 4.70. The Morgan fingerprint density at radius 3 is 2.29 bits per heavy atom. The summed E-state index contributed by atoms with van der Waals surface area (Å²) in [7, 11) is -1.45. The van der Waals surface area contributed by atoms with Gasteiger partial charge in [-0.3, -0.25) is 4.79 Å². The minimum Gasteiger partial charge on any atom is -0.341 e. The van der Waals surface area contributed by atoms with E-state index in [0.29, 0.717) is 5.56 Å². The lowest BCUT2D eigenvalue weighted by Gasteiger charge is -2.16. The van der Waals surface area contributed by atoms with Crippen LogP contribution in [0.15, 0.2) is 28.7 Å². The van der Waals surface area contributed by atoms with Crippen LogP contribution in [0, 0.1) is 0 Å². The second-order valence-electron chi connectivity index (χ2n) is 3.86. The maximum atomic E-state index is 11.9. The van der Waals surface area contributed by atoms with Gasteiger partial charge in [-0.2, -0.15) is 0 Å². The average molecular weight is 320 g/mol. The van der Waals surface area contributed by atoms with Crippen LogP contribution in [0.3, 0.4) is 0 Å². The van der Waals surface area contributed by atoms with Crippen molar-refractivity contribution in [2.24, 2.45) is 0 Å². The molecule has 4 nitrogen and oxygen atoms in total.